The van der Waals surface area contributed by atoms with Crippen molar-refractivity contribution in [2.45, 2.75) is 50.9 Å². The molecule has 2 aromatic rings. The van der Waals surface area contributed by atoms with E-state index in [1.54, 1.807) is 32.8 Å². The van der Waals surface area contributed by atoms with Gasteiger partial charge in [0.15, 0.2) is 0 Å². The molecule has 0 bridgehead atoms. The first-order chi connectivity index (χ1) is 17.5. The lowest BCUT2D eigenvalue weighted by atomic mass is 9.92. The van der Waals surface area contributed by atoms with Crippen molar-refractivity contribution in [1.82, 2.24) is 4.90 Å². The van der Waals surface area contributed by atoms with Crippen molar-refractivity contribution in [3.8, 4) is 0 Å². The Morgan fingerprint density at radius 2 is 1.34 bits per heavy atom. The van der Waals surface area contributed by atoms with Crippen LogP contribution in [0.4, 0.5) is 36.8 Å². The Morgan fingerprint density at radius 1 is 0.842 bits per heavy atom. The third kappa shape index (κ3) is 8.00. The van der Waals surface area contributed by atoms with Crippen LogP contribution in [0.3, 0.4) is 0 Å². The Labute approximate surface area is 217 Å². The molecule has 1 aliphatic rings. The summed E-state index contributed by atoms with van der Waals surface area (Å²) in [6.45, 7) is 7.10. The predicted molar refractivity (Wildman–Crippen MR) is 130 cm³/mol. The molecule has 1 heterocycles. The van der Waals surface area contributed by atoms with Gasteiger partial charge in [0.1, 0.15) is 5.60 Å². The molecule has 38 heavy (non-hydrogen) atoms. The second-order valence-electron chi connectivity index (χ2n) is 9.63. The second-order valence-corrected chi connectivity index (χ2v) is 9.63. The molecular formula is C26H32F6N2O4. The molecule has 0 spiro atoms. The second kappa shape index (κ2) is 12.2. The molecule has 1 aliphatic heterocycles. The predicted octanol–water partition coefficient (Wildman–Crippen LogP) is 5.89. The highest BCUT2D eigenvalue weighted by atomic mass is 19.4. The largest absolute Gasteiger partial charge is 0.444 e. The van der Waals surface area contributed by atoms with E-state index in [-0.39, 0.29) is 13.1 Å². The van der Waals surface area contributed by atoms with Crippen LogP contribution >= 0.6 is 0 Å². The number of methoxy groups -OCH3 is 1. The maximum atomic E-state index is 12.9. The number of benzene rings is 2. The number of aliphatic hydroxyl groups is 1. The number of piperazine rings is 1. The van der Waals surface area contributed by atoms with Gasteiger partial charge in [-0.25, -0.2) is 4.79 Å². The first kappa shape index (κ1) is 31.2. The summed E-state index contributed by atoms with van der Waals surface area (Å²) in [6, 6.07) is 13.5. The number of alkyl halides is 6. The van der Waals surface area contributed by atoms with E-state index in [1.807, 2.05) is 30.3 Å². The lowest BCUT2D eigenvalue weighted by molar-refractivity contribution is -0.376. The minimum Gasteiger partial charge on any atom is -0.444 e. The molecule has 1 N–H and O–H groups in total. The molecule has 0 saturated carbocycles. The summed E-state index contributed by atoms with van der Waals surface area (Å²) in [5.74, 6) is 0. The van der Waals surface area contributed by atoms with Crippen molar-refractivity contribution >= 4 is 11.8 Å². The number of hydrogen-bond donors (Lipinski definition) is 1. The fourth-order valence-electron chi connectivity index (χ4n) is 3.62. The van der Waals surface area contributed by atoms with Gasteiger partial charge in [-0.05, 0) is 38.5 Å². The van der Waals surface area contributed by atoms with Gasteiger partial charge in [-0.3, -0.25) is 0 Å². The van der Waals surface area contributed by atoms with Gasteiger partial charge in [0.2, 0.25) is 0 Å². The highest BCUT2D eigenvalue weighted by molar-refractivity contribution is 5.68. The molecule has 0 aliphatic carbocycles. The molecule has 3 rings (SSSR count). The topological polar surface area (TPSA) is 62.2 Å². The minimum absolute atomic E-state index is 0.283. The highest BCUT2D eigenvalue weighted by Gasteiger charge is 2.71. The van der Waals surface area contributed by atoms with Crippen molar-refractivity contribution < 1.29 is 45.7 Å². The zero-order valence-electron chi connectivity index (χ0n) is 21.6. The number of carbonyl (C=O) groups is 1. The Morgan fingerprint density at radius 3 is 1.76 bits per heavy atom. The lowest BCUT2D eigenvalue weighted by Crippen LogP contribution is -2.54. The molecule has 0 radical (unpaired) electrons. The number of halogens is 6. The van der Waals surface area contributed by atoms with Crippen molar-refractivity contribution in [2.75, 3.05) is 38.2 Å². The van der Waals surface area contributed by atoms with Crippen molar-refractivity contribution in [3.63, 3.8) is 0 Å². The molecule has 0 atom stereocenters. The average molecular weight is 551 g/mol. The van der Waals surface area contributed by atoms with E-state index in [0.717, 1.165) is 12.1 Å². The van der Waals surface area contributed by atoms with Crippen molar-refractivity contribution in [2.24, 2.45) is 0 Å². The molecule has 212 valence electrons. The fourth-order valence-corrected chi connectivity index (χ4v) is 3.62. The zero-order chi connectivity index (χ0) is 28.8. The number of anilines is 1. The third-order valence-corrected chi connectivity index (χ3v) is 5.56. The first-order valence-electron chi connectivity index (χ1n) is 11.7. The number of hydrogen-bond acceptors (Lipinski definition) is 5. The van der Waals surface area contributed by atoms with Gasteiger partial charge >= 0.3 is 18.4 Å². The van der Waals surface area contributed by atoms with Gasteiger partial charge in [-0.2, -0.15) is 26.3 Å². The maximum absolute atomic E-state index is 12.9. The maximum Gasteiger partial charge on any atom is 0.430 e. The molecular weight excluding hydrogens is 518 g/mol. The van der Waals surface area contributed by atoms with Crippen LogP contribution < -0.4 is 4.90 Å². The number of ether oxygens (including phenoxy) is 2. The number of amides is 1. The van der Waals surface area contributed by atoms with E-state index in [1.165, 1.54) is 10.5 Å². The van der Waals surface area contributed by atoms with Crippen LogP contribution in [-0.2, 0) is 21.7 Å². The van der Waals surface area contributed by atoms with Gasteiger partial charge in [0, 0.05) is 44.5 Å². The summed E-state index contributed by atoms with van der Waals surface area (Å²) in [5.41, 5.74) is -5.32. The Kier molecular flexibility index (Phi) is 10.1. The Hall–Kier alpha value is -2.99. The number of carbonyl (C=O) groups excluding carboxylic acids is 1. The quantitative estimate of drug-likeness (QED) is 0.482. The Bertz CT molecular complexity index is 999. The summed E-state index contributed by atoms with van der Waals surface area (Å²) in [6.07, 6.45) is -12.3. The monoisotopic (exact) mass is 550 g/mol. The van der Waals surface area contributed by atoms with Crippen LogP contribution in [0.5, 0.6) is 0 Å². The van der Waals surface area contributed by atoms with E-state index in [0.29, 0.717) is 37.5 Å². The smallest absolute Gasteiger partial charge is 0.430 e. The van der Waals surface area contributed by atoms with Crippen LogP contribution in [0, 0.1) is 0 Å². The van der Waals surface area contributed by atoms with Crippen molar-refractivity contribution in [3.05, 3.63) is 65.7 Å². The molecule has 0 unspecified atom stereocenters. The SMILES string of the molecule is CC(C)(C)OC(=O)N1CCN(c2ccc(C(O)(C(F)(F)F)C(F)(F)F)cc2)CC1.COCc1ccccc1. The van der Waals surface area contributed by atoms with Crippen LogP contribution in [-0.4, -0.2) is 67.3 Å². The van der Waals surface area contributed by atoms with E-state index in [2.05, 4.69) is 0 Å². The summed E-state index contributed by atoms with van der Waals surface area (Å²) in [5, 5.41) is 9.42. The van der Waals surface area contributed by atoms with E-state index < -0.39 is 35.2 Å². The van der Waals surface area contributed by atoms with E-state index in [4.69, 9.17) is 9.47 Å². The first-order valence-corrected chi connectivity index (χ1v) is 11.7. The van der Waals surface area contributed by atoms with Crippen LogP contribution in [0.1, 0.15) is 31.9 Å². The zero-order valence-corrected chi connectivity index (χ0v) is 21.6. The van der Waals surface area contributed by atoms with Gasteiger partial charge in [0.05, 0.1) is 6.61 Å². The van der Waals surface area contributed by atoms with Crippen molar-refractivity contribution in [1.29, 1.82) is 0 Å². The summed E-state index contributed by atoms with van der Waals surface area (Å²) in [7, 11) is 1.70. The minimum atomic E-state index is -5.92. The average Bonchev–Trinajstić information content (AvgIpc) is 2.82. The standard InChI is InChI=1S/C18H22F6N2O3.C8H10O/c1-15(2,3)29-14(27)26-10-8-25(9-11-26)13-6-4-12(5-7-13)16(28,17(19,20)21)18(22,23)24;1-9-7-8-5-3-2-4-6-8/h4-7,28H,8-11H2,1-3H3;2-6H,7H2,1H3. The molecule has 1 fully saturated rings. The Balaban J connectivity index is 0.000000474. The molecule has 1 amide bonds. The summed E-state index contributed by atoms with van der Waals surface area (Å²) < 4.78 is 87.9. The van der Waals surface area contributed by atoms with Gasteiger partial charge < -0.3 is 24.4 Å². The third-order valence-electron chi connectivity index (χ3n) is 5.56. The number of rotatable bonds is 4. The molecule has 6 nitrogen and oxygen atoms in total. The van der Waals surface area contributed by atoms with Gasteiger partial charge in [-0.1, -0.05) is 42.5 Å². The van der Waals surface area contributed by atoms with Gasteiger partial charge in [0.25, 0.3) is 5.60 Å². The lowest BCUT2D eigenvalue weighted by Gasteiger charge is -2.37. The fraction of sp³-hybridized carbons (Fsp3) is 0.500. The van der Waals surface area contributed by atoms with Crippen LogP contribution in [0.25, 0.3) is 0 Å². The van der Waals surface area contributed by atoms with Crippen LogP contribution in [0.2, 0.25) is 0 Å². The van der Waals surface area contributed by atoms with E-state index >= 15 is 0 Å². The van der Waals surface area contributed by atoms with Crippen LogP contribution in [0.15, 0.2) is 54.6 Å². The molecule has 12 heteroatoms. The normalized spacial score (nSPS) is 15.0. The van der Waals surface area contributed by atoms with Gasteiger partial charge in [-0.15, -0.1) is 0 Å². The van der Waals surface area contributed by atoms with E-state index in [9.17, 15) is 36.2 Å². The molecule has 1 saturated heterocycles. The summed E-state index contributed by atoms with van der Waals surface area (Å²) in [4.78, 5) is 15.2. The number of nitrogens with zero attached hydrogens (tertiary/aromatic N) is 2. The summed E-state index contributed by atoms with van der Waals surface area (Å²) >= 11 is 0. The molecule has 0 aromatic heterocycles. The molecule has 2 aromatic carbocycles. The highest BCUT2D eigenvalue weighted by Crippen LogP contribution is 2.50.